The summed E-state index contributed by atoms with van der Waals surface area (Å²) in [5.41, 5.74) is 1.55. The molecule has 0 amide bonds. The van der Waals surface area contributed by atoms with Gasteiger partial charge < -0.3 is 14.6 Å². The van der Waals surface area contributed by atoms with Gasteiger partial charge in [0.1, 0.15) is 17.6 Å². The molecule has 1 aliphatic carbocycles. The molecular formula is C11H17ClO3. The molecule has 0 aliphatic heterocycles. The molecule has 0 spiro atoms. The second-order valence-corrected chi connectivity index (χ2v) is 4.64. The molecule has 1 N–H and O–H groups in total. The van der Waals surface area contributed by atoms with Gasteiger partial charge in [0.25, 0.3) is 0 Å². The summed E-state index contributed by atoms with van der Waals surface area (Å²) in [5, 5.41) is 9.95. The number of hydrogen-bond donors (Lipinski definition) is 1. The third kappa shape index (κ3) is 1.74. The van der Waals surface area contributed by atoms with Gasteiger partial charge in [-0.15, -0.1) is 11.6 Å². The van der Waals surface area contributed by atoms with Crippen molar-refractivity contribution in [1.29, 1.82) is 0 Å². The van der Waals surface area contributed by atoms with Crippen LogP contribution >= 0.6 is 11.6 Å². The predicted molar refractivity (Wildman–Crippen MR) is 60.1 cm³/mol. The largest absolute Gasteiger partial charge is 0.509 e. The van der Waals surface area contributed by atoms with Crippen LogP contribution in [0.4, 0.5) is 0 Å². The molecule has 86 valence electrons. The van der Waals surface area contributed by atoms with Crippen molar-refractivity contribution in [3.05, 3.63) is 22.7 Å². The molecule has 0 saturated heterocycles. The zero-order chi connectivity index (χ0) is 11.8. The van der Waals surface area contributed by atoms with E-state index in [1.54, 1.807) is 21.0 Å². The first-order valence-corrected chi connectivity index (χ1v) is 5.12. The van der Waals surface area contributed by atoms with Crippen LogP contribution < -0.4 is 0 Å². The van der Waals surface area contributed by atoms with E-state index in [0.29, 0.717) is 11.3 Å². The van der Waals surface area contributed by atoms with Crippen molar-refractivity contribution >= 4 is 11.6 Å². The fraction of sp³-hybridized carbons (Fsp3) is 0.636. The molecule has 0 aromatic carbocycles. The van der Waals surface area contributed by atoms with Crippen molar-refractivity contribution in [3.8, 4) is 0 Å². The third-order valence-electron chi connectivity index (χ3n) is 2.98. The SMILES string of the molecule is COC1=C(C)C(C)(Cl)C(OC)C(O)=C1C. The lowest BCUT2D eigenvalue weighted by Crippen LogP contribution is -2.42. The average Bonchev–Trinajstić information content (AvgIpc) is 2.17. The Morgan fingerprint density at radius 2 is 1.87 bits per heavy atom. The lowest BCUT2D eigenvalue weighted by Gasteiger charge is -2.37. The fourth-order valence-electron chi connectivity index (χ4n) is 1.91. The number of methoxy groups -OCH3 is 2. The van der Waals surface area contributed by atoms with E-state index in [-0.39, 0.29) is 5.76 Å². The molecule has 2 atom stereocenters. The van der Waals surface area contributed by atoms with Crippen LogP contribution in [0.2, 0.25) is 0 Å². The second-order valence-electron chi connectivity index (χ2n) is 3.86. The fourth-order valence-corrected chi connectivity index (χ4v) is 2.19. The molecule has 2 unspecified atom stereocenters. The zero-order valence-electron chi connectivity index (χ0n) is 9.72. The normalized spacial score (nSPS) is 32.3. The molecule has 1 rings (SSSR count). The minimum atomic E-state index is -0.774. The number of alkyl halides is 1. The Hall–Kier alpha value is -0.670. The Morgan fingerprint density at radius 3 is 2.27 bits per heavy atom. The van der Waals surface area contributed by atoms with E-state index < -0.39 is 11.0 Å². The topological polar surface area (TPSA) is 38.7 Å². The molecule has 0 bridgehead atoms. The van der Waals surface area contributed by atoms with Crippen LogP contribution in [-0.2, 0) is 9.47 Å². The maximum Gasteiger partial charge on any atom is 0.137 e. The second kappa shape index (κ2) is 4.06. The quantitative estimate of drug-likeness (QED) is 0.744. The molecule has 0 saturated carbocycles. The highest BCUT2D eigenvalue weighted by molar-refractivity contribution is 6.26. The maximum atomic E-state index is 9.95. The summed E-state index contributed by atoms with van der Waals surface area (Å²) in [6.45, 7) is 5.48. The maximum absolute atomic E-state index is 9.95. The summed E-state index contributed by atoms with van der Waals surface area (Å²) in [6, 6.07) is 0. The van der Waals surface area contributed by atoms with Crippen LogP contribution in [0.15, 0.2) is 22.7 Å². The Balaban J connectivity index is 3.34. The minimum absolute atomic E-state index is 0.137. The van der Waals surface area contributed by atoms with Crippen molar-refractivity contribution in [2.45, 2.75) is 31.7 Å². The smallest absolute Gasteiger partial charge is 0.137 e. The van der Waals surface area contributed by atoms with Crippen molar-refractivity contribution in [2.75, 3.05) is 14.2 Å². The monoisotopic (exact) mass is 232 g/mol. The number of aliphatic hydroxyl groups is 1. The summed E-state index contributed by atoms with van der Waals surface area (Å²) in [5.74, 6) is 0.774. The van der Waals surface area contributed by atoms with Crippen LogP contribution in [0, 0.1) is 0 Å². The average molecular weight is 233 g/mol. The molecule has 15 heavy (non-hydrogen) atoms. The predicted octanol–water partition coefficient (Wildman–Crippen LogP) is 2.76. The Labute approximate surface area is 95.3 Å². The first-order chi connectivity index (χ1) is 6.87. The van der Waals surface area contributed by atoms with E-state index in [1.807, 2.05) is 6.92 Å². The van der Waals surface area contributed by atoms with E-state index >= 15 is 0 Å². The molecule has 0 heterocycles. The Bertz CT molecular complexity index is 329. The zero-order valence-corrected chi connectivity index (χ0v) is 10.5. The van der Waals surface area contributed by atoms with Crippen molar-refractivity contribution < 1.29 is 14.6 Å². The van der Waals surface area contributed by atoms with E-state index in [9.17, 15) is 5.11 Å². The van der Waals surface area contributed by atoms with Gasteiger partial charge in [-0.1, -0.05) is 0 Å². The van der Waals surface area contributed by atoms with Gasteiger partial charge in [0.2, 0.25) is 0 Å². The van der Waals surface area contributed by atoms with Gasteiger partial charge in [0.05, 0.1) is 12.0 Å². The summed E-state index contributed by atoms with van der Waals surface area (Å²) in [4.78, 5) is -0.774. The van der Waals surface area contributed by atoms with Crippen LogP contribution in [0.25, 0.3) is 0 Å². The lowest BCUT2D eigenvalue weighted by atomic mass is 9.85. The Kier molecular flexibility index (Phi) is 3.36. The van der Waals surface area contributed by atoms with Crippen LogP contribution in [0.3, 0.4) is 0 Å². The third-order valence-corrected chi connectivity index (χ3v) is 3.46. The minimum Gasteiger partial charge on any atom is -0.509 e. The number of halogens is 1. The van der Waals surface area contributed by atoms with E-state index in [2.05, 4.69) is 0 Å². The highest BCUT2D eigenvalue weighted by Crippen LogP contribution is 2.42. The molecule has 0 radical (unpaired) electrons. The number of allylic oxidation sites excluding steroid dienone is 1. The van der Waals surface area contributed by atoms with Crippen LogP contribution in [0.1, 0.15) is 20.8 Å². The number of ether oxygens (including phenoxy) is 2. The molecular weight excluding hydrogens is 216 g/mol. The van der Waals surface area contributed by atoms with Gasteiger partial charge in [-0.2, -0.15) is 0 Å². The van der Waals surface area contributed by atoms with Crippen molar-refractivity contribution in [1.82, 2.24) is 0 Å². The molecule has 0 aromatic heterocycles. The van der Waals surface area contributed by atoms with Crippen LogP contribution in [0.5, 0.6) is 0 Å². The highest BCUT2D eigenvalue weighted by Gasteiger charge is 2.43. The molecule has 0 aromatic rings. The summed E-state index contributed by atoms with van der Waals surface area (Å²) >= 11 is 6.37. The van der Waals surface area contributed by atoms with Gasteiger partial charge >= 0.3 is 0 Å². The summed E-state index contributed by atoms with van der Waals surface area (Å²) < 4.78 is 10.5. The van der Waals surface area contributed by atoms with Gasteiger partial charge in [-0.05, 0) is 26.3 Å². The van der Waals surface area contributed by atoms with Gasteiger partial charge in [-0.25, -0.2) is 0 Å². The van der Waals surface area contributed by atoms with Gasteiger partial charge in [-0.3, -0.25) is 0 Å². The van der Waals surface area contributed by atoms with Crippen molar-refractivity contribution in [2.24, 2.45) is 0 Å². The molecule has 0 fully saturated rings. The van der Waals surface area contributed by atoms with E-state index in [1.165, 1.54) is 7.11 Å². The summed E-state index contributed by atoms with van der Waals surface area (Å²) in [6.07, 6.45) is -0.530. The molecule has 1 aliphatic rings. The van der Waals surface area contributed by atoms with E-state index in [4.69, 9.17) is 21.1 Å². The van der Waals surface area contributed by atoms with Gasteiger partial charge in [0, 0.05) is 12.7 Å². The van der Waals surface area contributed by atoms with Gasteiger partial charge in [0.15, 0.2) is 0 Å². The number of rotatable bonds is 2. The standard InChI is InChI=1S/C11H17ClO3/c1-6-8(13)10(15-5)11(3,12)7(2)9(6)14-4/h10,13H,1-5H3. The molecule has 3 nitrogen and oxygen atoms in total. The first kappa shape index (κ1) is 12.4. The van der Waals surface area contributed by atoms with Crippen LogP contribution in [-0.4, -0.2) is 30.3 Å². The lowest BCUT2D eigenvalue weighted by molar-refractivity contribution is 0.0652. The molecule has 4 heteroatoms. The summed E-state index contributed by atoms with van der Waals surface area (Å²) in [7, 11) is 3.09. The first-order valence-electron chi connectivity index (χ1n) is 4.75. The van der Waals surface area contributed by atoms with E-state index in [0.717, 1.165) is 5.57 Å². The number of hydrogen-bond acceptors (Lipinski definition) is 3. The number of aliphatic hydroxyl groups excluding tert-OH is 1. The Morgan fingerprint density at radius 1 is 1.33 bits per heavy atom. The highest BCUT2D eigenvalue weighted by atomic mass is 35.5. The van der Waals surface area contributed by atoms with Crippen molar-refractivity contribution in [3.63, 3.8) is 0 Å².